The largest absolute Gasteiger partial charge is 0.306 e. The summed E-state index contributed by atoms with van der Waals surface area (Å²) in [6.45, 7) is 0. The maximum Gasteiger partial charge on any atom is 0.178 e. The van der Waals surface area contributed by atoms with Crippen molar-refractivity contribution in [3.05, 3.63) is 27.8 Å². The van der Waals surface area contributed by atoms with E-state index in [4.69, 9.17) is 17.4 Å². The number of halogens is 2. The molecule has 0 fully saturated rings. The van der Waals surface area contributed by atoms with Crippen molar-refractivity contribution in [2.45, 2.75) is 0 Å². The quantitative estimate of drug-likeness (QED) is 0.618. The first-order valence-electron chi connectivity index (χ1n) is 3.80. The van der Waals surface area contributed by atoms with Gasteiger partial charge in [-0.3, -0.25) is 0 Å². The van der Waals surface area contributed by atoms with Crippen LogP contribution in [0.25, 0.3) is 11.0 Å². The van der Waals surface area contributed by atoms with E-state index >= 15 is 0 Å². The molecule has 0 spiro atoms. The summed E-state index contributed by atoms with van der Waals surface area (Å²) in [7, 11) is 0. The number of aromatic nitrogens is 2. The van der Waals surface area contributed by atoms with Gasteiger partial charge in [0.25, 0.3) is 0 Å². The summed E-state index contributed by atoms with van der Waals surface area (Å²) in [6, 6.07) is 5.56. The first-order valence-corrected chi connectivity index (χ1v) is 4.97. The average molecular weight is 274 g/mol. The maximum atomic E-state index is 5.82. The van der Waals surface area contributed by atoms with E-state index in [9.17, 15) is 0 Å². The standard InChI is InChI=1S/C8H6BrClN4/c9-4-1-2-5-6(3-4)13-8(14-11)7(10)12-5/h1-3H,11H2,(H,13,14). The summed E-state index contributed by atoms with van der Waals surface area (Å²) in [4.78, 5) is 8.32. The zero-order valence-electron chi connectivity index (χ0n) is 6.96. The van der Waals surface area contributed by atoms with Gasteiger partial charge in [0.1, 0.15) is 0 Å². The molecule has 6 heteroatoms. The SMILES string of the molecule is NNc1nc2cc(Br)ccc2nc1Cl. The van der Waals surface area contributed by atoms with E-state index in [1.54, 1.807) is 0 Å². The van der Waals surface area contributed by atoms with Crippen LogP contribution in [0.4, 0.5) is 5.82 Å². The molecule has 3 N–H and O–H groups in total. The Morgan fingerprint density at radius 3 is 2.79 bits per heavy atom. The molecule has 14 heavy (non-hydrogen) atoms. The van der Waals surface area contributed by atoms with Crippen molar-refractivity contribution in [1.29, 1.82) is 0 Å². The normalized spacial score (nSPS) is 10.5. The van der Waals surface area contributed by atoms with Crippen LogP contribution in [0.15, 0.2) is 22.7 Å². The fourth-order valence-electron chi connectivity index (χ4n) is 1.10. The van der Waals surface area contributed by atoms with Gasteiger partial charge in [-0.15, -0.1) is 0 Å². The fourth-order valence-corrected chi connectivity index (χ4v) is 1.63. The zero-order valence-corrected chi connectivity index (χ0v) is 9.30. The lowest BCUT2D eigenvalue weighted by Gasteiger charge is -2.03. The molecule has 2 rings (SSSR count). The van der Waals surface area contributed by atoms with Crippen molar-refractivity contribution >= 4 is 44.4 Å². The summed E-state index contributed by atoms with van der Waals surface area (Å²) in [5, 5.41) is 0.266. The molecule has 0 bridgehead atoms. The summed E-state index contributed by atoms with van der Waals surface area (Å²) >= 11 is 9.16. The fraction of sp³-hybridized carbons (Fsp3) is 0. The molecule has 4 nitrogen and oxygen atoms in total. The van der Waals surface area contributed by atoms with Gasteiger partial charge in [-0.05, 0) is 18.2 Å². The Bertz CT molecular complexity index is 488. The van der Waals surface area contributed by atoms with E-state index < -0.39 is 0 Å². The van der Waals surface area contributed by atoms with E-state index in [-0.39, 0.29) is 5.15 Å². The van der Waals surface area contributed by atoms with E-state index in [0.717, 1.165) is 15.5 Å². The Labute approximate surface area is 93.6 Å². The predicted octanol–water partition coefficient (Wildman–Crippen LogP) is 2.33. The van der Waals surface area contributed by atoms with Crippen molar-refractivity contribution in [3.8, 4) is 0 Å². The predicted molar refractivity (Wildman–Crippen MR) is 60.1 cm³/mol. The molecule has 1 heterocycles. The van der Waals surface area contributed by atoms with Crippen molar-refractivity contribution in [2.24, 2.45) is 5.84 Å². The van der Waals surface area contributed by atoms with Crippen molar-refractivity contribution in [2.75, 3.05) is 5.43 Å². The number of nitrogens with two attached hydrogens (primary N) is 1. The molecular weight excluding hydrogens is 267 g/mol. The minimum atomic E-state index is 0.266. The Kier molecular flexibility index (Phi) is 2.54. The molecule has 0 aliphatic carbocycles. The number of anilines is 1. The Morgan fingerprint density at radius 1 is 1.29 bits per heavy atom. The number of hydrogen-bond acceptors (Lipinski definition) is 4. The number of nitrogens with one attached hydrogen (secondary N) is 1. The van der Waals surface area contributed by atoms with Gasteiger partial charge in [0.05, 0.1) is 11.0 Å². The number of nitrogen functional groups attached to an aromatic ring is 1. The zero-order chi connectivity index (χ0) is 10.1. The van der Waals surface area contributed by atoms with Gasteiger partial charge in [0, 0.05) is 4.47 Å². The highest BCUT2D eigenvalue weighted by molar-refractivity contribution is 9.10. The van der Waals surface area contributed by atoms with Crippen molar-refractivity contribution in [1.82, 2.24) is 9.97 Å². The highest BCUT2D eigenvalue weighted by Gasteiger charge is 2.05. The summed E-state index contributed by atoms with van der Waals surface area (Å²) < 4.78 is 0.935. The van der Waals surface area contributed by atoms with Gasteiger partial charge in [0.2, 0.25) is 0 Å². The lowest BCUT2D eigenvalue weighted by Crippen LogP contribution is -2.09. The number of fused-ring (bicyclic) bond motifs is 1. The highest BCUT2D eigenvalue weighted by Crippen LogP contribution is 2.22. The second-order valence-electron chi connectivity index (χ2n) is 2.64. The molecule has 0 saturated heterocycles. The van der Waals surface area contributed by atoms with Crippen LogP contribution in [-0.2, 0) is 0 Å². The molecule has 0 aliphatic heterocycles. The number of nitrogens with zero attached hydrogens (tertiary/aromatic N) is 2. The molecule has 0 amide bonds. The molecule has 72 valence electrons. The minimum absolute atomic E-state index is 0.266. The van der Waals surface area contributed by atoms with E-state index in [2.05, 4.69) is 31.3 Å². The Morgan fingerprint density at radius 2 is 2.07 bits per heavy atom. The molecule has 1 aromatic carbocycles. The minimum Gasteiger partial charge on any atom is -0.306 e. The number of rotatable bonds is 1. The molecule has 2 aromatic rings. The second kappa shape index (κ2) is 3.68. The molecule has 0 radical (unpaired) electrons. The van der Waals surface area contributed by atoms with Gasteiger partial charge < -0.3 is 5.43 Å². The third-order valence-electron chi connectivity index (χ3n) is 1.72. The molecule has 1 aromatic heterocycles. The molecule has 0 unspecified atom stereocenters. The molecule has 0 atom stereocenters. The van der Waals surface area contributed by atoms with Gasteiger partial charge in [-0.2, -0.15) is 0 Å². The van der Waals surface area contributed by atoms with Gasteiger partial charge >= 0.3 is 0 Å². The third kappa shape index (κ3) is 1.66. The number of hydrogen-bond donors (Lipinski definition) is 2. The highest BCUT2D eigenvalue weighted by atomic mass is 79.9. The maximum absolute atomic E-state index is 5.82. The molecule has 0 aliphatic rings. The van der Waals surface area contributed by atoms with Gasteiger partial charge in [-0.25, -0.2) is 15.8 Å². The average Bonchev–Trinajstić information content (AvgIpc) is 2.17. The number of benzene rings is 1. The van der Waals surface area contributed by atoms with Crippen LogP contribution < -0.4 is 11.3 Å². The van der Waals surface area contributed by atoms with Crippen LogP contribution in [0.2, 0.25) is 5.15 Å². The van der Waals surface area contributed by atoms with Crippen LogP contribution in [-0.4, -0.2) is 9.97 Å². The summed E-state index contributed by atoms with van der Waals surface area (Å²) in [5.41, 5.74) is 3.85. The Balaban J connectivity index is 2.73. The molecular formula is C8H6BrClN4. The van der Waals surface area contributed by atoms with Crippen LogP contribution in [0, 0.1) is 0 Å². The van der Waals surface area contributed by atoms with Crippen LogP contribution in [0.1, 0.15) is 0 Å². The van der Waals surface area contributed by atoms with E-state index in [1.165, 1.54) is 0 Å². The van der Waals surface area contributed by atoms with Gasteiger partial charge in [-0.1, -0.05) is 27.5 Å². The number of hydrazine groups is 1. The monoisotopic (exact) mass is 272 g/mol. The Hall–Kier alpha value is -0.910. The van der Waals surface area contributed by atoms with Crippen LogP contribution in [0.3, 0.4) is 0 Å². The topological polar surface area (TPSA) is 63.8 Å². The van der Waals surface area contributed by atoms with E-state index in [1.807, 2.05) is 18.2 Å². The van der Waals surface area contributed by atoms with Crippen molar-refractivity contribution < 1.29 is 0 Å². The first kappa shape index (κ1) is 9.64. The van der Waals surface area contributed by atoms with Crippen LogP contribution >= 0.6 is 27.5 Å². The smallest absolute Gasteiger partial charge is 0.178 e. The third-order valence-corrected chi connectivity index (χ3v) is 2.48. The summed E-state index contributed by atoms with van der Waals surface area (Å²) in [6.07, 6.45) is 0. The first-order chi connectivity index (χ1) is 6.70. The lowest BCUT2D eigenvalue weighted by atomic mass is 10.3. The second-order valence-corrected chi connectivity index (χ2v) is 3.91. The molecule has 0 saturated carbocycles. The lowest BCUT2D eigenvalue weighted by molar-refractivity contribution is 1.21. The van der Waals surface area contributed by atoms with Gasteiger partial charge in [0.15, 0.2) is 11.0 Å². The van der Waals surface area contributed by atoms with Crippen molar-refractivity contribution in [3.63, 3.8) is 0 Å². The summed E-state index contributed by atoms with van der Waals surface area (Å²) in [5.74, 6) is 5.60. The van der Waals surface area contributed by atoms with E-state index in [0.29, 0.717) is 5.82 Å². The van der Waals surface area contributed by atoms with Crippen LogP contribution in [0.5, 0.6) is 0 Å².